The lowest BCUT2D eigenvalue weighted by molar-refractivity contribution is -0.0524. The summed E-state index contributed by atoms with van der Waals surface area (Å²) in [4.78, 5) is 0. The summed E-state index contributed by atoms with van der Waals surface area (Å²) >= 11 is 0. The van der Waals surface area contributed by atoms with Crippen molar-refractivity contribution in [2.24, 2.45) is 0 Å². The minimum atomic E-state index is -0.579. The summed E-state index contributed by atoms with van der Waals surface area (Å²) in [6.45, 7) is 11.9. The van der Waals surface area contributed by atoms with Gasteiger partial charge in [0.2, 0.25) is 0 Å². The highest BCUT2D eigenvalue weighted by molar-refractivity contribution is 4.68. The summed E-state index contributed by atoms with van der Waals surface area (Å²) < 4.78 is 16.0. The summed E-state index contributed by atoms with van der Waals surface area (Å²) in [6.07, 6.45) is 1.88. The minimum Gasteiger partial charge on any atom is -0.388 e. The first-order chi connectivity index (χ1) is 8.02. The molecule has 0 radical (unpaired) electrons. The van der Waals surface area contributed by atoms with E-state index in [1.165, 1.54) is 0 Å². The molecule has 0 aromatic rings. The molecule has 0 amide bonds. The topological polar surface area (TPSA) is 47.9 Å². The monoisotopic (exact) mass is 246 g/mol. The van der Waals surface area contributed by atoms with E-state index in [1.54, 1.807) is 6.08 Å². The van der Waals surface area contributed by atoms with Gasteiger partial charge in [-0.05, 0) is 27.2 Å². The highest BCUT2D eigenvalue weighted by atomic mass is 16.5. The molecule has 1 unspecified atom stereocenters. The molecule has 0 aromatic carbocycles. The Kier molecular flexibility index (Phi) is 9.36. The molecule has 0 aliphatic heterocycles. The van der Waals surface area contributed by atoms with Crippen LogP contribution in [0.4, 0.5) is 0 Å². The normalized spacial score (nSPS) is 13.6. The second-order valence-electron chi connectivity index (χ2n) is 4.50. The van der Waals surface area contributed by atoms with E-state index in [0.29, 0.717) is 26.4 Å². The average Bonchev–Trinajstić information content (AvgIpc) is 2.25. The van der Waals surface area contributed by atoms with Gasteiger partial charge < -0.3 is 19.3 Å². The molecule has 0 aliphatic rings. The third-order valence-electron chi connectivity index (χ3n) is 2.24. The molecule has 1 atom stereocenters. The number of ether oxygens (including phenoxy) is 3. The van der Waals surface area contributed by atoms with E-state index in [4.69, 9.17) is 14.2 Å². The fourth-order valence-electron chi connectivity index (χ4n) is 1.34. The molecular formula is C13H26O4. The van der Waals surface area contributed by atoms with Crippen LogP contribution in [-0.4, -0.2) is 49.8 Å². The lowest BCUT2D eigenvalue weighted by Gasteiger charge is -2.24. The van der Waals surface area contributed by atoms with Gasteiger partial charge in [0.05, 0.1) is 25.4 Å². The Hall–Kier alpha value is -0.420. The van der Waals surface area contributed by atoms with Crippen molar-refractivity contribution < 1.29 is 19.3 Å². The third-order valence-corrected chi connectivity index (χ3v) is 2.24. The van der Waals surface area contributed by atoms with Crippen LogP contribution in [0.1, 0.15) is 27.2 Å². The molecule has 0 bridgehead atoms. The van der Waals surface area contributed by atoms with Crippen molar-refractivity contribution in [2.45, 2.75) is 38.9 Å². The molecular weight excluding hydrogens is 220 g/mol. The molecule has 0 spiro atoms. The number of hydrogen-bond donors (Lipinski definition) is 1. The standard InChI is InChI=1S/C13H26O4/c1-5-8-15-10-12(14)11-16-9-7-13(3,4)17-6-2/h5,12,14H,1,6-11H2,2-4H3. The van der Waals surface area contributed by atoms with Crippen molar-refractivity contribution in [3.8, 4) is 0 Å². The first-order valence-electron chi connectivity index (χ1n) is 6.10. The van der Waals surface area contributed by atoms with Gasteiger partial charge in [0, 0.05) is 13.2 Å². The van der Waals surface area contributed by atoms with Gasteiger partial charge in [0.15, 0.2) is 0 Å². The first kappa shape index (κ1) is 16.6. The predicted octanol–water partition coefficient (Wildman–Crippen LogP) is 1.77. The van der Waals surface area contributed by atoms with Crippen LogP contribution < -0.4 is 0 Å². The summed E-state index contributed by atoms with van der Waals surface area (Å²) in [7, 11) is 0. The Balaban J connectivity index is 3.46. The lowest BCUT2D eigenvalue weighted by atomic mass is 10.1. The van der Waals surface area contributed by atoms with Crippen molar-refractivity contribution in [2.75, 3.05) is 33.0 Å². The summed E-state index contributed by atoms with van der Waals surface area (Å²) in [6, 6.07) is 0. The van der Waals surface area contributed by atoms with Crippen molar-refractivity contribution >= 4 is 0 Å². The molecule has 0 heterocycles. The molecule has 0 aromatic heterocycles. The SMILES string of the molecule is C=CCOCC(O)COCCC(C)(C)OCC. The Morgan fingerprint density at radius 1 is 1.29 bits per heavy atom. The van der Waals surface area contributed by atoms with E-state index < -0.39 is 6.10 Å². The van der Waals surface area contributed by atoms with Gasteiger partial charge in [0.25, 0.3) is 0 Å². The van der Waals surface area contributed by atoms with Gasteiger partial charge >= 0.3 is 0 Å². The number of hydrogen-bond acceptors (Lipinski definition) is 4. The molecule has 0 rings (SSSR count). The van der Waals surface area contributed by atoms with E-state index in [0.717, 1.165) is 6.42 Å². The van der Waals surface area contributed by atoms with Crippen LogP contribution in [0.3, 0.4) is 0 Å². The minimum absolute atomic E-state index is 0.168. The predicted molar refractivity (Wildman–Crippen MR) is 68.2 cm³/mol. The molecule has 17 heavy (non-hydrogen) atoms. The van der Waals surface area contributed by atoms with Gasteiger partial charge in [-0.15, -0.1) is 6.58 Å². The molecule has 0 aliphatic carbocycles. The van der Waals surface area contributed by atoms with Crippen LogP contribution in [0.5, 0.6) is 0 Å². The number of rotatable bonds is 11. The van der Waals surface area contributed by atoms with E-state index in [2.05, 4.69) is 6.58 Å². The first-order valence-corrected chi connectivity index (χ1v) is 6.10. The fourth-order valence-corrected chi connectivity index (χ4v) is 1.34. The van der Waals surface area contributed by atoms with Gasteiger partial charge in [0.1, 0.15) is 6.10 Å². The fraction of sp³-hybridized carbons (Fsp3) is 0.846. The quantitative estimate of drug-likeness (QED) is 0.446. The van der Waals surface area contributed by atoms with Crippen LogP contribution in [0.2, 0.25) is 0 Å². The Morgan fingerprint density at radius 3 is 2.53 bits per heavy atom. The average molecular weight is 246 g/mol. The molecule has 4 nitrogen and oxygen atoms in total. The van der Waals surface area contributed by atoms with Crippen molar-refractivity contribution in [3.05, 3.63) is 12.7 Å². The van der Waals surface area contributed by atoms with E-state index in [9.17, 15) is 5.11 Å². The largest absolute Gasteiger partial charge is 0.388 e. The summed E-state index contributed by atoms with van der Waals surface area (Å²) in [5, 5.41) is 9.49. The molecule has 4 heteroatoms. The summed E-state index contributed by atoms with van der Waals surface area (Å²) in [5.41, 5.74) is -0.168. The van der Waals surface area contributed by atoms with Crippen LogP contribution in [-0.2, 0) is 14.2 Å². The smallest absolute Gasteiger partial charge is 0.101 e. The maximum atomic E-state index is 9.49. The molecule has 0 saturated carbocycles. The Bertz CT molecular complexity index is 192. The lowest BCUT2D eigenvalue weighted by Crippen LogP contribution is -2.28. The molecule has 0 saturated heterocycles. The Labute approximate surface area is 105 Å². The highest BCUT2D eigenvalue weighted by Gasteiger charge is 2.17. The van der Waals surface area contributed by atoms with Crippen molar-refractivity contribution in [3.63, 3.8) is 0 Å². The van der Waals surface area contributed by atoms with Crippen molar-refractivity contribution in [1.29, 1.82) is 0 Å². The van der Waals surface area contributed by atoms with E-state index in [-0.39, 0.29) is 12.2 Å². The van der Waals surface area contributed by atoms with Crippen LogP contribution >= 0.6 is 0 Å². The van der Waals surface area contributed by atoms with Crippen molar-refractivity contribution in [1.82, 2.24) is 0 Å². The maximum absolute atomic E-state index is 9.49. The van der Waals surface area contributed by atoms with Gasteiger partial charge in [-0.1, -0.05) is 6.08 Å². The summed E-state index contributed by atoms with van der Waals surface area (Å²) in [5.74, 6) is 0. The zero-order chi connectivity index (χ0) is 13.1. The Morgan fingerprint density at radius 2 is 1.94 bits per heavy atom. The van der Waals surface area contributed by atoms with Crippen LogP contribution in [0, 0.1) is 0 Å². The molecule has 1 N–H and O–H groups in total. The zero-order valence-electron chi connectivity index (χ0n) is 11.3. The van der Waals surface area contributed by atoms with Gasteiger partial charge in [-0.25, -0.2) is 0 Å². The van der Waals surface area contributed by atoms with E-state index >= 15 is 0 Å². The van der Waals surface area contributed by atoms with E-state index in [1.807, 2.05) is 20.8 Å². The molecule has 0 fully saturated rings. The number of aliphatic hydroxyl groups is 1. The van der Waals surface area contributed by atoms with Crippen LogP contribution in [0.15, 0.2) is 12.7 Å². The third kappa shape index (κ3) is 10.5. The van der Waals surface area contributed by atoms with Gasteiger partial charge in [-0.2, -0.15) is 0 Å². The second-order valence-corrected chi connectivity index (χ2v) is 4.50. The maximum Gasteiger partial charge on any atom is 0.101 e. The van der Waals surface area contributed by atoms with Gasteiger partial charge in [-0.3, -0.25) is 0 Å². The second kappa shape index (κ2) is 9.59. The number of aliphatic hydroxyl groups excluding tert-OH is 1. The highest BCUT2D eigenvalue weighted by Crippen LogP contribution is 2.13. The molecule has 102 valence electrons. The zero-order valence-corrected chi connectivity index (χ0v) is 11.3. The van der Waals surface area contributed by atoms with Crippen LogP contribution in [0.25, 0.3) is 0 Å².